The third-order valence-corrected chi connectivity index (χ3v) is 3.99. The molecule has 2 heterocycles. The van der Waals surface area contributed by atoms with Gasteiger partial charge in [-0.3, -0.25) is 0 Å². The second kappa shape index (κ2) is 11.3. The molecule has 0 unspecified atom stereocenters. The van der Waals surface area contributed by atoms with Crippen LogP contribution in [0, 0.1) is 6.92 Å². The fourth-order valence-electron chi connectivity index (χ4n) is 2.00. The summed E-state index contributed by atoms with van der Waals surface area (Å²) in [5.41, 5.74) is -0.889. The van der Waals surface area contributed by atoms with Crippen LogP contribution in [-0.4, -0.2) is 35.6 Å². The minimum atomic E-state index is -4.50. The van der Waals surface area contributed by atoms with Crippen molar-refractivity contribution in [3.8, 4) is 5.88 Å². The lowest BCUT2D eigenvalue weighted by atomic mass is 10.2. The fourth-order valence-corrected chi connectivity index (χ4v) is 2.71. The minimum Gasteiger partial charge on any atom is -0.475 e. The number of halogens is 4. The zero-order valence-corrected chi connectivity index (χ0v) is 18.0. The highest BCUT2D eigenvalue weighted by Gasteiger charge is 2.34. The number of guanidine groups is 1. The van der Waals surface area contributed by atoms with Gasteiger partial charge in [-0.25, -0.2) is 15.0 Å². The molecule has 0 radical (unpaired) electrons. The van der Waals surface area contributed by atoms with Gasteiger partial charge in [0, 0.05) is 23.8 Å². The molecule has 11 heteroatoms. The van der Waals surface area contributed by atoms with Crippen molar-refractivity contribution in [1.29, 1.82) is 0 Å². The first-order valence-electron chi connectivity index (χ1n) is 7.98. The van der Waals surface area contributed by atoms with Crippen LogP contribution in [0.15, 0.2) is 29.5 Å². The SMILES string of the molecule is CCNC(=NCc1ncc(C)s1)NCCOc1ncccc1C(F)(F)F.I. The quantitative estimate of drug-likeness (QED) is 0.255. The minimum absolute atomic E-state index is 0. The molecule has 0 saturated heterocycles. The Morgan fingerprint density at radius 2 is 2.07 bits per heavy atom. The van der Waals surface area contributed by atoms with Crippen molar-refractivity contribution < 1.29 is 17.9 Å². The van der Waals surface area contributed by atoms with Crippen molar-refractivity contribution in [2.24, 2.45) is 4.99 Å². The summed E-state index contributed by atoms with van der Waals surface area (Å²) in [7, 11) is 0. The molecule has 150 valence electrons. The Labute approximate surface area is 176 Å². The van der Waals surface area contributed by atoms with E-state index < -0.39 is 17.6 Å². The third-order valence-electron chi connectivity index (χ3n) is 3.10. The number of hydrogen-bond donors (Lipinski definition) is 2. The first kappa shape index (κ1) is 23.4. The first-order valence-corrected chi connectivity index (χ1v) is 8.80. The monoisotopic (exact) mass is 515 g/mol. The number of nitrogens with zero attached hydrogens (tertiary/aromatic N) is 3. The van der Waals surface area contributed by atoms with Crippen LogP contribution in [0.25, 0.3) is 0 Å². The molecular formula is C16H21F3IN5OS. The summed E-state index contributed by atoms with van der Waals surface area (Å²) in [4.78, 5) is 13.4. The van der Waals surface area contributed by atoms with Crippen molar-refractivity contribution in [1.82, 2.24) is 20.6 Å². The molecule has 0 fully saturated rings. The number of thiazole rings is 1. The van der Waals surface area contributed by atoms with Gasteiger partial charge in [0.15, 0.2) is 5.96 Å². The number of aromatic nitrogens is 2. The summed E-state index contributed by atoms with van der Waals surface area (Å²) in [5.74, 6) is 0.114. The highest BCUT2D eigenvalue weighted by Crippen LogP contribution is 2.34. The van der Waals surface area contributed by atoms with Gasteiger partial charge >= 0.3 is 6.18 Å². The summed E-state index contributed by atoms with van der Waals surface area (Å²) in [6.45, 7) is 5.26. The molecule has 0 spiro atoms. The molecule has 0 amide bonds. The predicted octanol–water partition coefficient (Wildman–Crippen LogP) is 3.62. The van der Waals surface area contributed by atoms with Gasteiger partial charge in [0.1, 0.15) is 17.2 Å². The molecule has 27 heavy (non-hydrogen) atoms. The van der Waals surface area contributed by atoms with Gasteiger partial charge in [0.25, 0.3) is 0 Å². The number of hydrogen-bond acceptors (Lipinski definition) is 5. The lowest BCUT2D eigenvalue weighted by molar-refractivity contribution is -0.139. The number of rotatable bonds is 7. The molecule has 2 aromatic heterocycles. The maximum atomic E-state index is 12.9. The zero-order valence-electron chi connectivity index (χ0n) is 14.8. The van der Waals surface area contributed by atoms with E-state index in [2.05, 4.69) is 25.6 Å². The van der Waals surface area contributed by atoms with Crippen LogP contribution < -0.4 is 15.4 Å². The molecular weight excluding hydrogens is 494 g/mol. The average Bonchev–Trinajstić information content (AvgIpc) is 3.01. The smallest absolute Gasteiger partial charge is 0.421 e. The van der Waals surface area contributed by atoms with E-state index in [-0.39, 0.29) is 37.1 Å². The van der Waals surface area contributed by atoms with Crippen molar-refractivity contribution >= 4 is 41.3 Å². The van der Waals surface area contributed by atoms with Gasteiger partial charge in [0.05, 0.1) is 13.1 Å². The van der Waals surface area contributed by atoms with Gasteiger partial charge in [0.2, 0.25) is 5.88 Å². The largest absolute Gasteiger partial charge is 0.475 e. The van der Waals surface area contributed by atoms with Crippen molar-refractivity contribution in [2.75, 3.05) is 19.7 Å². The summed E-state index contributed by atoms with van der Waals surface area (Å²) in [6.07, 6.45) is -1.45. The first-order chi connectivity index (χ1) is 12.4. The standard InChI is InChI=1S/C16H20F3N5OS.HI/c1-3-20-15(24-10-13-23-9-11(2)26-13)22-7-8-25-14-12(16(17,18)19)5-4-6-21-14;/h4-6,9H,3,7-8,10H2,1-2H3,(H2,20,22,24);1H. The van der Waals surface area contributed by atoms with Crippen molar-refractivity contribution in [3.05, 3.63) is 40.0 Å². The van der Waals surface area contributed by atoms with E-state index >= 15 is 0 Å². The van der Waals surface area contributed by atoms with E-state index in [9.17, 15) is 13.2 Å². The Hall–Kier alpha value is -1.63. The summed E-state index contributed by atoms with van der Waals surface area (Å²) >= 11 is 1.56. The highest BCUT2D eigenvalue weighted by atomic mass is 127. The van der Waals surface area contributed by atoms with Crippen LogP contribution in [0.4, 0.5) is 13.2 Å². The molecule has 6 nitrogen and oxygen atoms in total. The number of aryl methyl sites for hydroxylation is 1. The van der Waals surface area contributed by atoms with E-state index in [1.165, 1.54) is 12.3 Å². The van der Waals surface area contributed by atoms with E-state index in [0.29, 0.717) is 19.0 Å². The summed E-state index contributed by atoms with van der Waals surface area (Å²) < 4.78 is 43.8. The van der Waals surface area contributed by atoms with Crippen LogP contribution in [0.5, 0.6) is 5.88 Å². The molecule has 0 saturated carbocycles. The molecule has 0 atom stereocenters. The van der Waals surface area contributed by atoms with Crippen molar-refractivity contribution in [3.63, 3.8) is 0 Å². The van der Waals surface area contributed by atoms with E-state index in [4.69, 9.17) is 4.74 Å². The van der Waals surface area contributed by atoms with Crippen LogP contribution in [0.1, 0.15) is 22.4 Å². The Balaban J connectivity index is 0.00000364. The third kappa shape index (κ3) is 7.87. The lowest BCUT2D eigenvalue weighted by Gasteiger charge is -2.14. The second-order valence-corrected chi connectivity index (χ2v) is 6.51. The number of alkyl halides is 3. The number of pyridine rings is 1. The van der Waals surface area contributed by atoms with Crippen LogP contribution in [0.2, 0.25) is 0 Å². The van der Waals surface area contributed by atoms with Crippen molar-refractivity contribution in [2.45, 2.75) is 26.6 Å². The van der Waals surface area contributed by atoms with Crippen LogP contribution >= 0.6 is 35.3 Å². The number of ether oxygens (including phenoxy) is 1. The Bertz CT molecular complexity index is 739. The summed E-state index contributed by atoms with van der Waals surface area (Å²) in [6, 6.07) is 2.17. The Kier molecular flexibility index (Phi) is 9.77. The van der Waals surface area contributed by atoms with Crippen LogP contribution in [0.3, 0.4) is 0 Å². The zero-order chi connectivity index (χ0) is 19.0. The fraction of sp³-hybridized carbons (Fsp3) is 0.438. The normalized spacial score (nSPS) is 11.7. The predicted molar refractivity (Wildman–Crippen MR) is 110 cm³/mol. The molecule has 2 rings (SSSR count). The van der Waals surface area contributed by atoms with Gasteiger partial charge < -0.3 is 15.4 Å². The van der Waals surface area contributed by atoms with Gasteiger partial charge in [-0.15, -0.1) is 35.3 Å². The van der Waals surface area contributed by atoms with E-state index in [0.717, 1.165) is 16.0 Å². The highest BCUT2D eigenvalue weighted by molar-refractivity contribution is 14.0. The lowest BCUT2D eigenvalue weighted by Crippen LogP contribution is -2.39. The van der Waals surface area contributed by atoms with E-state index in [1.807, 2.05) is 13.8 Å². The van der Waals surface area contributed by atoms with Gasteiger partial charge in [-0.2, -0.15) is 13.2 Å². The van der Waals surface area contributed by atoms with Crippen LogP contribution in [-0.2, 0) is 12.7 Å². The topological polar surface area (TPSA) is 71.4 Å². The van der Waals surface area contributed by atoms with Gasteiger partial charge in [-0.1, -0.05) is 0 Å². The summed E-state index contributed by atoms with van der Waals surface area (Å²) in [5, 5.41) is 6.95. The molecule has 0 aliphatic carbocycles. The van der Waals surface area contributed by atoms with Gasteiger partial charge in [-0.05, 0) is 26.0 Å². The Morgan fingerprint density at radius 3 is 2.70 bits per heavy atom. The Morgan fingerprint density at radius 1 is 1.30 bits per heavy atom. The molecule has 0 aromatic carbocycles. The molecule has 2 aromatic rings. The molecule has 0 aliphatic heterocycles. The molecule has 0 bridgehead atoms. The number of nitrogens with one attached hydrogen (secondary N) is 2. The number of aliphatic imine (C=N–C) groups is 1. The maximum Gasteiger partial charge on any atom is 0.421 e. The molecule has 0 aliphatic rings. The maximum absolute atomic E-state index is 12.9. The molecule has 2 N–H and O–H groups in total. The van der Waals surface area contributed by atoms with E-state index in [1.54, 1.807) is 17.5 Å². The average molecular weight is 515 g/mol. The second-order valence-electron chi connectivity index (χ2n) is 5.19.